The van der Waals surface area contributed by atoms with Crippen LogP contribution in [0, 0.1) is 5.92 Å². The summed E-state index contributed by atoms with van der Waals surface area (Å²) in [7, 11) is 0. The Morgan fingerprint density at radius 1 is 1.22 bits per heavy atom. The molecule has 0 spiro atoms. The lowest BCUT2D eigenvalue weighted by Gasteiger charge is -2.16. The molecule has 0 saturated heterocycles. The van der Waals surface area contributed by atoms with Crippen LogP contribution < -0.4 is 16.4 Å². The highest BCUT2D eigenvalue weighted by atomic mass is 16.5. The minimum Gasteiger partial charge on any atom is -0.450 e. The molecule has 1 amide bonds. The Morgan fingerprint density at radius 2 is 1.91 bits per heavy atom. The Balaban J connectivity index is 2.15. The lowest BCUT2D eigenvalue weighted by Crippen LogP contribution is -2.40. The van der Waals surface area contributed by atoms with Gasteiger partial charge in [0.25, 0.3) is 0 Å². The predicted octanol–water partition coefficient (Wildman–Crippen LogP) is 2.78. The molecule has 0 bridgehead atoms. The smallest absolute Gasteiger partial charge is 0.407 e. The monoisotopic (exact) mass is 326 g/mol. The molecule has 1 unspecified atom stereocenters. The van der Waals surface area contributed by atoms with E-state index in [0.717, 1.165) is 25.8 Å². The molecule has 1 rings (SSSR count). The Bertz CT molecular complexity index is 357. The average Bonchev–Trinajstić information content (AvgIpc) is 3.35. The zero-order chi connectivity index (χ0) is 16.9. The summed E-state index contributed by atoms with van der Waals surface area (Å²) in [4.78, 5) is 15.9. The molecule has 0 heterocycles. The highest BCUT2D eigenvalue weighted by Crippen LogP contribution is 2.32. The zero-order valence-corrected chi connectivity index (χ0v) is 14.8. The Hall–Kier alpha value is -1.46. The van der Waals surface area contributed by atoms with E-state index in [4.69, 9.17) is 10.5 Å². The number of alkyl carbamates (subject to hydrolysis) is 1. The number of carbonyl (C=O) groups excluding carboxylic acids is 1. The molecule has 4 N–H and O–H groups in total. The summed E-state index contributed by atoms with van der Waals surface area (Å²) in [6.07, 6.45) is 9.48. The van der Waals surface area contributed by atoms with Crippen molar-refractivity contribution >= 4 is 12.1 Å². The summed E-state index contributed by atoms with van der Waals surface area (Å²) in [6, 6.07) is 0.0310. The first kappa shape index (κ1) is 19.6. The van der Waals surface area contributed by atoms with Crippen LogP contribution in [0.5, 0.6) is 0 Å². The third-order valence-corrected chi connectivity index (χ3v) is 4.06. The minimum atomic E-state index is -0.363. The van der Waals surface area contributed by atoms with Crippen LogP contribution in [0.4, 0.5) is 4.79 Å². The van der Waals surface area contributed by atoms with Crippen molar-refractivity contribution in [3.63, 3.8) is 0 Å². The predicted molar refractivity (Wildman–Crippen MR) is 94.5 cm³/mol. The third-order valence-electron chi connectivity index (χ3n) is 4.06. The maximum Gasteiger partial charge on any atom is 0.407 e. The van der Waals surface area contributed by atoms with Crippen LogP contribution in [0.15, 0.2) is 4.99 Å². The molecular weight excluding hydrogens is 292 g/mol. The summed E-state index contributed by atoms with van der Waals surface area (Å²) in [5.74, 6) is 0.976. The van der Waals surface area contributed by atoms with E-state index in [1.54, 1.807) is 6.92 Å². The molecule has 6 heteroatoms. The van der Waals surface area contributed by atoms with Gasteiger partial charge in [-0.15, -0.1) is 0 Å². The van der Waals surface area contributed by atoms with Crippen LogP contribution in [0.1, 0.15) is 65.2 Å². The number of guanidine groups is 1. The molecule has 1 fully saturated rings. The van der Waals surface area contributed by atoms with Crippen LogP contribution in [-0.2, 0) is 4.74 Å². The van der Waals surface area contributed by atoms with Crippen LogP contribution in [0.3, 0.4) is 0 Å². The number of hydrogen-bond donors (Lipinski definition) is 3. The van der Waals surface area contributed by atoms with Crippen molar-refractivity contribution in [2.45, 2.75) is 71.3 Å². The van der Waals surface area contributed by atoms with Crippen molar-refractivity contribution in [2.24, 2.45) is 16.6 Å². The first-order chi connectivity index (χ1) is 11.2. The molecule has 0 aromatic carbocycles. The van der Waals surface area contributed by atoms with Gasteiger partial charge in [-0.1, -0.05) is 39.0 Å². The molecule has 0 radical (unpaired) electrons. The number of unbranched alkanes of at least 4 members (excludes halogenated alkanes) is 5. The zero-order valence-electron chi connectivity index (χ0n) is 14.8. The number of nitrogens with zero attached hydrogens (tertiary/aromatic N) is 1. The van der Waals surface area contributed by atoms with Gasteiger partial charge in [-0.2, -0.15) is 0 Å². The van der Waals surface area contributed by atoms with Crippen LogP contribution in [-0.4, -0.2) is 37.8 Å². The van der Waals surface area contributed by atoms with Crippen molar-refractivity contribution < 1.29 is 9.53 Å². The maximum atomic E-state index is 11.5. The average molecular weight is 326 g/mol. The third kappa shape index (κ3) is 10.0. The second-order valence-corrected chi connectivity index (χ2v) is 6.23. The first-order valence-electron chi connectivity index (χ1n) is 9.14. The van der Waals surface area contributed by atoms with E-state index < -0.39 is 0 Å². The molecular formula is C17H34N4O2. The molecule has 0 aromatic heterocycles. The molecule has 23 heavy (non-hydrogen) atoms. The maximum absolute atomic E-state index is 11.5. The lowest BCUT2D eigenvalue weighted by atomic mass is 10.1. The molecule has 1 atom stereocenters. The number of hydrogen-bond acceptors (Lipinski definition) is 3. The number of rotatable bonds is 12. The first-order valence-corrected chi connectivity index (χ1v) is 9.14. The molecule has 1 aliphatic carbocycles. The van der Waals surface area contributed by atoms with Crippen molar-refractivity contribution in [3.8, 4) is 0 Å². The minimum absolute atomic E-state index is 0.0310. The molecule has 134 valence electrons. The summed E-state index contributed by atoms with van der Waals surface area (Å²) < 4.78 is 4.93. The highest BCUT2D eigenvalue weighted by molar-refractivity contribution is 5.77. The fourth-order valence-electron chi connectivity index (χ4n) is 2.51. The molecule has 0 aromatic rings. The van der Waals surface area contributed by atoms with Gasteiger partial charge in [-0.25, -0.2) is 4.79 Å². The van der Waals surface area contributed by atoms with Gasteiger partial charge in [0.15, 0.2) is 5.96 Å². The van der Waals surface area contributed by atoms with Crippen molar-refractivity contribution in [2.75, 3.05) is 19.7 Å². The lowest BCUT2D eigenvalue weighted by molar-refractivity contribution is 0.147. The van der Waals surface area contributed by atoms with Crippen molar-refractivity contribution in [1.29, 1.82) is 0 Å². The van der Waals surface area contributed by atoms with Gasteiger partial charge in [0, 0.05) is 6.54 Å². The van der Waals surface area contributed by atoms with E-state index in [1.165, 1.54) is 32.1 Å². The van der Waals surface area contributed by atoms with E-state index >= 15 is 0 Å². The Morgan fingerprint density at radius 3 is 2.57 bits per heavy atom. The van der Waals surface area contributed by atoms with Gasteiger partial charge in [-0.05, 0) is 32.1 Å². The van der Waals surface area contributed by atoms with E-state index in [1.807, 2.05) is 0 Å². The summed E-state index contributed by atoms with van der Waals surface area (Å²) >= 11 is 0. The van der Waals surface area contributed by atoms with Gasteiger partial charge < -0.3 is 21.1 Å². The van der Waals surface area contributed by atoms with Gasteiger partial charge in [0.1, 0.15) is 0 Å². The van der Waals surface area contributed by atoms with Gasteiger partial charge in [-0.3, -0.25) is 4.99 Å². The van der Waals surface area contributed by atoms with Gasteiger partial charge in [0.2, 0.25) is 0 Å². The number of carbonyl (C=O) groups is 1. The molecule has 6 nitrogen and oxygen atoms in total. The normalized spacial score (nSPS) is 16.0. The quantitative estimate of drug-likeness (QED) is 0.292. The van der Waals surface area contributed by atoms with Gasteiger partial charge >= 0.3 is 6.09 Å². The number of nitrogens with one attached hydrogen (secondary N) is 2. The molecule has 1 aliphatic rings. The summed E-state index contributed by atoms with van der Waals surface area (Å²) in [6.45, 7) is 5.78. The van der Waals surface area contributed by atoms with E-state index in [-0.39, 0.29) is 12.1 Å². The molecule has 0 aliphatic heterocycles. The van der Waals surface area contributed by atoms with Crippen LogP contribution in [0.2, 0.25) is 0 Å². The number of ether oxygens (including phenoxy) is 1. The van der Waals surface area contributed by atoms with E-state index in [9.17, 15) is 4.79 Å². The highest BCUT2D eigenvalue weighted by Gasteiger charge is 2.32. The number of nitrogens with two attached hydrogens (primary N) is 1. The number of amides is 1. The van der Waals surface area contributed by atoms with Crippen molar-refractivity contribution in [3.05, 3.63) is 0 Å². The number of aliphatic imine (C=N–C) groups is 1. The summed E-state index contributed by atoms with van der Waals surface area (Å²) in [5.41, 5.74) is 5.89. The second-order valence-electron chi connectivity index (χ2n) is 6.23. The Labute approximate surface area is 140 Å². The summed E-state index contributed by atoms with van der Waals surface area (Å²) in [5, 5.41) is 6.03. The fourth-order valence-corrected chi connectivity index (χ4v) is 2.51. The van der Waals surface area contributed by atoms with Crippen LogP contribution in [0.25, 0.3) is 0 Å². The van der Waals surface area contributed by atoms with Crippen molar-refractivity contribution in [1.82, 2.24) is 10.6 Å². The second kappa shape index (κ2) is 12.0. The fraction of sp³-hybridized carbons (Fsp3) is 0.882. The SMILES string of the molecule is CCCCCCCCNC(N)=NCC(NC(=O)OCC)C1CC1. The standard InChI is InChI=1S/C17H34N4O2/c1-3-5-6-7-8-9-12-19-16(18)20-13-15(14-10-11-14)21-17(22)23-4-2/h14-15H,3-13H2,1-2H3,(H,21,22)(H3,18,19,20). The topological polar surface area (TPSA) is 88.7 Å². The van der Waals surface area contributed by atoms with E-state index in [2.05, 4.69) is 22.5 Å². The Kier molecular flexibility index (Phi) is 10.2. The van der Waals surface area contributed by atoms with E-state index in [0.29, 0.717) is 25.0 Å². The molecule has 1 saturated carbocycles. The van der Waals surface area contributed by atoms with Gasteiger partial charge in [0.05, 0.1) is 19.2 Å². The van der Waals surface area contributed by atoms with Crippen LogP contribution >= 0.6 is 0 Å². The largest absolute Gasteiger partial charge is 0.450 e.